The summed E-state index contributed by atoms with van der Waals surface area (Å²) in [6.45, 7) is 9.39. The predicted octanol–water partition coefficient (Wildman–Crippen LogP) is 2.02. The van der Waals surface area contributed by atoms with Gasteiger partial charge in [-0.25, -0.2) is 0 Å². The van der Waals surface area contributed by atoms with E-state index in [9.17, 15) is 4.79 Å². The van der Waals surface area contributed by atoms with E-state index >= 15 is 0 Å². The highest BCUT2D eigenvalue weighted by Crippen LogP contribution is 2.51. The van der Waals surface area contributed by atoms with Crippen molar-refractivity contribution in [1.82, 2.24) is 10.2 Å². The van der Waals surface area contributed by atoms with Crippen molar-refractivity contribution in [1.29, 1.82) is 0 Å². The Balaban J connectivity index is 1.70. The first-order valence-electron chi connectivity index (χ1n) is 7.02. The molecule has 98 valence electrons. The molecule has 3 heteroatoms. The molecule has 0 atom stereocenters. The standard InChI is InChI=1S/C14H26N2O/c1-11(2)14(6-7-14)10-15-13-4-8-16(9-5-13)12(3)17/h11,13,15H,4-10H2,1-3H3. The molecule has 0 bridgehead atoms. The molecule has 2 rings (SSSR count). The van der Waals surface area contributed by atoms with Crippen LogP contribution in [0.25, 0.3) is 0 Å². The molecule has 2 aliphatic rings. The number of likely N-dealkylation sites (tertiary alicyclic amines) is 1. The highest BCUT2D eigenvalue weighted by atomic mass is 16.2. The first-order valence-corrected chi connectivity index (χ1v) is 7.02. The molecule has 1 aliphatic heterocycles. The quantitative estimate of drug-likeness (QED) is 0.812. The molecule has 1 saturated carbocycles. The van der Waals surface area contributed by atoms with Gasteiger partial charge in [-0.15, -0.1) is 0 Å². The van der Waals surface area contributed by atoms with Crippen molar-refractivity contribution in [2.75, 3.05) is 19.6 Å². The molecule has 17 heavy (non-hydrogen) atoms. The van der Waals surface area contributed by atoms with Crippen LogP contribution in [0, 0.1) is 11.3 Å². The van der Waals surface area contributed by atoms with Crippen molar-refractivity contribution in [3.63, 3.8) is 0 Å². The second-order valence-corrected chi connectivity index (χ2v) is 6.18. The normalized spacial score (nSPS) is 24.1. The maximum Gasteiger partial charge on any atom is 0.219 e. The molecule has 2 fully saturated rings. The Morgan fingerprint density at radius 2 is 1.94 bits per heavy atom. The van der Waals surface area contributed by atoms with Crippen LogP contribution in [0.3, 0.4) is 0 Å². The van der Waals surface area contributed by atoms with Gasteiger partial charge in [0, 0.05) is 32.6 Å². The van der Waals surface area contributed by atoms with Crippen LogP contribution in [-0.4, -0.2) is 36.5 Å². The third-order valence-corrected chi connectivity index (χ3v) is 4.80. The highest BCUT2D eigenvalue weighted by Gasteiger charge is 2.45. The molecule has 1 aliphatic carbocycles. The minimum atomic E-state index is 0.226. The van der Waals surface area contributed by atoms with Gasteiger partial charge in [-0.2, -0.15) is 0 Å². The van der Waals surface area contributed by atoms with Crippen molar-refractivity contribution in [2.24, 2.45) is 11.3 Å². The van der Waals surface area contributed by atoms with Gasteiger partial charge in [-0.05, 0) is 37.0 Å². The van der Waals surface area contributed by atoms with Crippen LogP contribution in [0.5, 0.6) is 0 Å². The number of piperidine rings is 1. The summed E-state index contributed by atoms with van der Waals surface area (Å²) in [5, 5.41) is 3.73. The Labute approximate surface area is 105 Å². The fraction of sp³-hybridized carbons (Fsp3) is 0.929. The Bertz CT molecular complexity index is 276. The molecule has 1 amide bonds. The minimum absolute atomic E-state index is 0.226. The van der Waals surface area contributed by atoms with Crippen LogP contribution < -0.4 is 5.32 Å². The SMILES string of the molecule is CC(=O)N1CCC(NCC2(C(C)C)CC2)CC1. The lowest BCUT2D eigenvalue weighted by atomic mass is 9.91. The molecule has 1 N–H and O–H groups in total. The molecular weight excluding hydrogens is 212 g/mol. The Kier molecular flexibility index (Phi) is 3.76. The van der Waals surface area contributed by atoms with Gasteiger partial charge in [-0.3, -0.25) is 4.79 Å². The van der Waals surface area contributed by atoms with Gasteiger partial charge >= 0.3 is 0 Å². The number of carbonyl (C=O) groups excluding carboxylic acids is 1. The van der Waals surface area contributed by atoms with Crippen molar-refractivity contribution < 1.29 is 4.79 Å². The summed E-state index contributed by atoms with van der Waals surface area (Å²) in [4.78, 5) is 13.2. The number of nitrogens with zero attached hydrogens (tertiary/aromatic N) is 1. The lowest BCUT2D eigenvalue weighted by Crippen LogP contribution is -2.45. The number of nitrogens with one attached hydrogen (secondary N) is 1. The molecule has 0 aromatic heterocycles. The molecule has 0 aromatic carbocycles. The number of hydrogen-bond donors (Lipinski definition) is 1. The average molecular weight is 238 g/mol. The average Bonchev–Trinajstić information content (AvgIpc) is 3.08. The van der Waals surface area contributed by atoms with Crippen LogP contribution in [-0.2, 0) is 4.79 Å². The summed E-state index contributed by atoms with van der Waals surface area (Å²) < 4.78 is 0. The van der Waals surface area contributed by atoms with E-state index in [1.165, 1.54) is 19.4 Å². The lowest BCUT2D eigenvalue weighted by Gasteiger charge is -2.33. The fourth-order valence-electron chi connectivity index (χ4n) is 2.86. The van der Waals surface area contributed by atoms with Crippen molar-refractivity contribution in [3.05, 3.63) is 0 Å². The van der Waals surface area contributed by atoms with Crippen molar-refractivity contribution in [2.45, 2.75) is 52.5 Å². The van der Waals surface area contributed by atoms with Gasteiger partial charge in [0.05, 0.1) is 0 Å². The molecule has 0 radical (unpaired) electrons. The van der Waals surface area contributed by atoms with Crippen LogP contribution in [0.4, 0.5) is 0 Å². The van der Waals surface area contributed by atoms with Gasteiger partial charge in [0.1, 0.15) is 0 Å². The summed E-state index contributed by atoms with van der Waals surface area (Å²) in [7, 11) is 0. The molecule has 1 saturated heterocycles. The Morgan fingerprint density at radius 1 is 1.35 bits per heavy atom. The summed E-state index contributed by atoms with van der Waals surface area (Å²) >= 11 is 0. The molecule has 0 aromatic rings. The van der Waals surface area contributed by atoms with E-state index in [0.29, 0.717) is 11.5 Å². The van der Waals surface area contributed by atoms with Gasteiger partial charge in [0.25, 0.3) is 0 Å². The van der Waals surface area contributed by atoms with E-state index in [0.717, 1.165) is 31.8 Å². The number of amides is 1. The second kappa shape index (κ2) is 4.97. The molecule has 1 heterocycles. The second-order valence-electron chi connectivity index (χ2n) is 6.18. The molecular formula is C14H26N2O. The van der Waals surface area contributed by atoms with Gasteiger partial charge in [-0.1, -0.05) is 13.8 Å². The first kappa shape index (κ1) is 12.9. The zero-order valence-corrected chi connectivity index (χ0v) is 11.5. The van der Waals surface area contributed by atoms with Gasteiger partial charge < -0.3 is 10.2 Å². The fourth-order valence-corrected chi connectivity index (χ4v) is 2.86. The summed E-state index contributed by atoms with van der Waals surface area (Å²) in [5.41, 5.74) is 0.595. The summed E-state index contributed by atoms with van der Waals surface area (Å²) in [5.74, 6) is 1.02. The molecule has 0 spiro atoms. The third kappa shape index (κ3) is 3.01. The molecule has 0 unspecified atom stereocenters. The first-order chi connectivity index (χ1) is 8.03. The van der Waals surface area contributed by atoms with E-state index < -0.39 is 0 Å². The van der Waals surface area contributed by atoms with Gasteiger partial charge in [0.2, 0.25) is 5.91 Å². The lowest BCUT2D eigenvalue weighted by molar-refractivity contribution is -0.129. The van der Waals surface area contributed by atoms with E-state index in [4.69, 9.17) is 0 Å². The van der Waals surface area contributed by atoms with E-state index in [-0.39, 0.29) is 5.91 Å². The maximum atomic E-state index is 11.2. The zero-order chi connectivity index (χ0) is 12.5. The van der Waals surface area contributed by atoms with Crippen LogP contribution in [0.15, 0.2) is 0 Å². The Morgan fingerprint density at radius 3 is 2.35 bits per heavy atom. The minimum Gasteiger partial charge on any atom is -0.343 e. The van der Waals surface area contributed by atoms with E-state index in [1.54, 1.807) is 6.92 Å². The van der Waals surface area contributed by atoms with E-state index in [2.05, 4.69) is 19.2 Å². The highest BCUT2D eigenvalue weighted by molar-refractivity contribution is 5.73. The van der Waals surface area contributed by atoms with Crippen molar-refractivity contribution >= 4 is 5.91 Å². The smallest absolute Gasteiger partial charge is 0.219 e. The third-order valence-electron chi connectivity index (χ3n) is 4.80. The largest absolute Gasteiger partial charge is 0.343 e. The monoisotopic (exact) mass is 238 g/mol. The van der Waals surface area contributed by atoms with Crippen LogP contribution in [0.1, 0.15) is 46.5 Å². The number of hydrogen-bond acceptors (Lipinski definition) is 2. The predicted molar refractivity (Wildman–Crippen MR) is 69.8 cm³/mol. The van der Waals surface area contributed by atoms with Gasteiger partial charge in [0.15, 0.2) is 0 Å². The zero-order valence-electron chi connectivity index (χ0n) is 11.5. The summed E-state index contributed by atoms with van der Waals surface area (Å²) in [6.07, 6.45) is 5.02. The number of carbonyl (C=O) groups is 1. The Hall–Kier alpha value is -0.570. The number of rotatable bonds is 4. The van der Waals surface area contributed by atoms with Crippen LogP contribution >= 0.6 is 0 Å². The van der Waals surface area contributed by atoms with E-state index in [1.807, 2.05) is 4.90 Å². The van der Waals surface area contributed by atoms with Crippen molar-refractivity contribution in [3.8, 4) is 0 Å². The summed E-state index contributed by atoms with van der Waals surface area (Å²) in [6, 6.07) is 0.627. The maximum absolute atomic E-state index is 11.2. The topological polar surface area (TPSA) is 32.3 Å². The van der Waals surface area contributed by atoms with Crippen LogP contribution in [0.2, 0.25) is 0 Å². The molecule has 3 nitrogen and oxygen atoms in total.